The predicted molar refractivity (Wildman–Crippen MR) is 146 cm³/mol. The Balaban J connectivity index is 2.36. The van der Waals surface area contributed by atoms with Crippen molar-refractivity contribution in [2.75, 3.05) is 36.0 Å². The molecule has 0 aliphatic rings. The number of anilines is 2. The van der Waals surface area contributed by atoms with Gasteiger partial charge in [-0.2, -0.15) is 0 Å². The molecule has 0 saturated carbocycles. The summed E-state index contributed by atoms with van der Waals surface area (Å²) in [5.74, 6) is -0.892. The maximum atomic E-state index is 12.1. The molecule has 0 heterocycles. The molecule has 0 atom stereocenters. The van der Waals surface area contributed by atoms with Crippen LogP contribution in [0.2, 0.25) is 0 Å². The minimum Gasteiger partial charge on any atom is -0.478 e. The third kappa shape index (κ3) is 4.82. The summed E-state index contributed by atoms with van der Waals surface area (Å²) in [7, 11) is 0. The van der Waals surface area contributed by atoms with Crippen molar-refractivity contribution < 1.29 is 9.90 Å². The second kappa shape index (κ2) is 10.8. The van der Waals surface area contributed by atoms with Gasteiger partial charge in [0.25, 0.3) is 0 Å². The number of hydrogen-bond donors (Lipinski definition) is 1. The fraction of sp³-hybridized carbons (Fsp3) is 0.367. The molecule has 0 aromatic heterocycles. The van der Waals surface area contributed by atoms with E-state index in [9.17, 15) is 9.90 Å². The summed E-state index contributed by atoms with van der Waals surface area (Å²) in [5.41, 5.74) is 10.1. The van der Waals surface area contributed by atoms with Crippen LogP contribution < -0.4 is 9.80 Å². The first-order valence-electron chi connectivity index (χ1n) is 12.4. The van der Waals surface area contributed by atoms with Gasteiger partial charge in [-0.05, 0) is 118 Å². The van der Waals surface area contributed by atoms with Gasteiger partial charge in [-0.1, -0.05) is 18.2 Å². The first-order valence-corrected chi connectivity index (χ1v) is 12.4. The third-order valence-corrected chi connectivity index (χ3v) is 6.95. The van der Waals surface area contributed by atoms with E-state index in [2.05, 4.69) is 87.7 Å². The van der Waals surface area contributed by atoms with E-state index in [0.29, 0.717) is 5.56 Å². The summed E-state index contributed by atoms with van der Waals surface area (Å²) < 4.78 is 0. The molecule has 180 valence electrons. The van der Waals surface area contributed by atoms with Crippen LogP contribution in [0.1, 0.15) is 54.7 Å². The number of carbonyl (C=O) groups is 1. The Kier molecular flexibility index (Phi) is 8.03. The van der Waals surface area contributed by atoms with Crippen molar-refractivity contribution >= 4 is 17.3 Å². The van der Waals surface area contributed by atoms with Gasteiger partial charge in [-0.3, -0.25) is 0 Å². The van der Waals surface area contributed by atoms with Crippen LogP contribution >= 0.6 is 0 Å². The SMILES string of the molecule is CCN(CC)c1ccc(C)c(-c2ccc(C(=O)O)c(C)c2-c2cc(N(CC)CC)ccc2C)c1. The van der Waals surface area contributed by atoms with E-state index >= 15 is 0 Å². The van der Waals surface area contributed by atoms with Gasteiger partial charge in [0.15, 0.2) is 0 Å². The monoisotopic (exact) mass is 458 g/mol. The van der Waals surface area contributed by atoms with Crippen molar-refractivity contribution in [3.63, 3.8) is 0 Å². The molecule has 3 aromatic rings. The van der Waals surface area contributed by atoms with Crippen molar-refractivity contribution in [1.82, 2.24) is 0 Å². The van der Waals surface area contributed by atoms with Crippen LogP contribution in [0.4, 0.5) is 11.4 Å². The van der Waals surface area contributed by atoms with E-state index in [0.717, 1.165) is 65.2 Å². The molecule has 0 aliphatic heterocycles. The number of rotatable bonds is 9. The topological polar surface area (TPSA) is 43.8 Å². The molecule has 4 heteroatoms. The van der Waals surface area contributed by atoms with Crippen LogP contribution in [0.3, 0.4) is 0 Å². The van der Waals surface area contributed by atoms with E-state index in [1.165, 1.54) is 11.3 Å². The first-order chi connectivity index (χ1) is 16.3. The zero-order valence-corrected chi connectivity index (χ0v) is 21.7. The van der Waals surface area contributed by atoms with Crippen LogP contribution in [0, 0.1) is 20.8 Å². The summed E-state index contributed by atoms with van der Waals surface area (Å²) in [5, 5.41) is 9.91. The molecular weight excluding hydrogens is 420 g/mol. The normalized spacial score (nSPS) is 10.9. The van der Waals surface area contributed by atoms with Crippen molar-refractivity contribution in [3.8, 4) is 22.3 Å². The zero-order valence-electron chi connectivity index (χ0n) is 21.7. The van der Waals surface area contributed by atoms with Crippen molar-refractivity contribution in [1.29, 1.82) is 0 Å². The number of aryl methyl sites for hydroxylation is 2. The van der Waals surface area contributed by atoms with Gasteiger partial charge in [-0.15, -0.1) is 0 Å². The molecule has 3 rings (SSSR count). The highest BCUT2D eigenvalue weighted by Crippen LogP contribution is 2.41. The molecule has 0 amide bonds. The minimum absolute atomic E-state index is 0.351. The van der Waals surface area contributed by atoms with Crippen LogP contribution in [0.5, 0.6) is 0 Å². The number of benzene rings is 3. The van der Waals surface area contributed by atoms with Gasteiger partial charge in [0.2, 0.25) is 0 Å². The number of aromatic carboxylic acids is 1. The highest BCUT2D eigenvalue weighted by Gasteiger charge is 2.20. The van der Waals surface area contributed by atoms with Crippen molar-refractivity contribution in [2.45, 2.75) is 48.5 Å². The van der Waals surface area contributed by atoms with Crippen molar-refractivity contribution in [2.24, 2.45) is 0 Å². The van der Waals surface area contributed by atoms with Crippen molar-refractivity contribution in [3.05, 3.63) is 70.8 Å². The second-order valence-electron chi connectivity index (χ2n) is 8.81. The summed E-state index contributed by atoms with van der Waals surface area (Å²) in [6, 6.07) is 16.9. The Morgan fingerprint density at radius 3 is 1.62 bits per heavy atom. The summed E-state index contributed by atoms with van der Waals surface area (Å²) >= 11 is 0. The van der Waals surface area contributed by atoms with E-state index in [1.807, 2.05) is 13.0 Å². The van der Waals surface area contributed by atoms with Gasteiger partial charge >= 0.3 is 5.97 Å². The number of carboxylic acids is 1. The highest BCUT2D eigenvalue weighted by atomic mass is 16.4. The molecule has 0 unspecified atom stereocenters. The first kappa shape index (κ1) is 25.4. The molecule has 1 N–H and O–H groups in total. The molecule has 0 saturated heterocycles. The molecule has 0 bridgehead atoms. The fourth-order valence-corrected chi connectivity index (χ4v) is 4.87. The van der Waals surface area contributed by atoms with Gasteiger partial charge in [-0.25, -0.2) is 4.79 Å². The highest BCUT2D eigenvalue weighted by molar-refractivity contribution is 5.98. The standard InChI is InChI=1S/C30H38N2O2/c1-8-31(9-2)23-14-12-20(5)27(18-23)26-17-16-25(30(33)34)22(7)29(26)28-19-24(15-13-21(28)6)32(10-3)11-4/h12-19H,8-11H2,1-7H3,(H,33,34). The predicted octanol–water partition coefficient (Wildman–Crippen LogP) is 7.34. The van der Waals surface area contributed by atoms with E-state index in [1.54, 1.807) is 6.07 Å². The Labute approximate surface area is 204 Å². The quantitative estimate of drug-likeness (QED) is 0.364. The van der Waals surface area contributed by atoms with Crippen LogP contribution in [-0.2, 0) is 0 Å². The van der Waals surface area contributed by atoms with Gasteiger partial charge in [0.05, 0.1) is 5.56 Å². The minimum atomic E-state index is -0.892. The van der Waals surface area contributed by atoms with E-state index in [-0.39, 0.29) is 0 Å². The van der Waals surface area contributed by atoms with Gasteiger partial charge in [0, 0.05) is 37.6 Å². The Hall–Kier alpha value is -3.27. The Bertz CT molecular complexity index is 1170. The lowest BCUT2D eigenvalue weighted by Gasteiger charge is -2.25. The summed E-state index contributed by atoms with van der Waals surface area (Å²) in [4.78, 5) is 16.7. The number of hydrogen-bond acceptors (Lipinski definition) is 3. The molecular formula is C30H38N2O2. The van der Waals surface area contributed by atoms with E-state index in [4.69, 9.17) is 0 Å². The Morgan fingerprint density at radius 1 is 0.676 bits per heavy atom. The maximum absolute atomic E-state index is 12.1. The van der Waals surface area contributed by atoms with Crippen LogP contribution in [0.25, 0.3) is 22.3 Å². The molecule has 4 nitrogen and oxygen atoms in total. The largest absolute Gasteiger partial charge is 0.478 e. The maximum Gasteiger partial charge on any atom is 0.335 e. The molecule has 0 fully saturated rings. The molecule has 34 heavy (non-hydrogen) atoms. The molecule has 3 aromatic carbocycles. The van der Waals surface area contributed by atoms with E-state index < -0.39 is 5.97 Å². The third-order valence-electron chi connectivity index (χ3n) is 6.95. The average molecular weight is 459 g/mol. The second-order valence-corrected chi connectivity index (χ2v) is 8.81. The Morgan fingerprint density at radius 2 is 1.15 bits per heavy atom. The lowest BCUT2D eigenvalue weighted by Crippen LogP contribution is -2.22. The molecule has 0 spiro atoms. The van der Waals surface area contributed by atoms with Gasteiger partial charge in [0.1, 0.15) is 0 Å². The van der Waals surface area contributed by atoms with Gasteiger partial charge < -0.3 is 14.9 Å². The smallest absolute Gasteiger partial charge is 0.335 e. The number of carboxylic acid groups (broad SMARTS) is 1. The van der Waals surface area contributed by atoms with Crippen LogP contribution in [0.15, 0.2) is 48.5 Å². The summed E-state index contributed by atoms with van der Waals surface area (Å²) in [6.07, 6.45) is 0. The molecule has 0 aliphatic carbocycles. The van der Waals surface area contributed by atoms with Crippen LogP contribution in [-0.4, -0.2) is 37.3 Å². The zero-order chi connectivity index (χ0) is 25.0. The lowest BCUT2D eigenvalue weighted by molar-refractivity contribution is 0.0696. The lowest BCUT2D eigenvalue weighted by atomic mass is 9.85. The average Bonchev–Trinajstić information content (AvgIpc) is 2.82. The number of nitrogens with zero attached hydrogens (tertiary/aromatic N) is 2. The summed E-state index contributed by atoms with van der Waals surface area (Å²) in [6.45, 7) is 18.6. The molecule has 0 radical (unpaired) electrons. The fourth-order valence-electron chi connectivity index (χ4n) is 4.87.